The molecule has 0 fully saturated rings. The molecule has 0 radical (unpaired) electrons. The molecule has 0 bridgehead atoms. The van der Waals surface area contributed by atoms with E-state index in [0.717, 1.165) is 16.7 Å². The molecule has 0 unspecified atom stereocenters. The number of ether oxygens (including phenoxy) is 1. The molecule has 4 aromatic carbocycles. The van der Waals surface area contributed by atoms with Crippen molar-refractivity contribution in [1.29, 1.82) is 0 Å². The first-order valence-electron chi connectivity index (χ1n) is 11.7. The van der Waals surface area contributed by atoms with Gasteiger partial charge in [-0.3, -0.25) is 9.59 Å². The summed E-state index contributed by atoms with van der Waals surface area (Å²) in [5.41, 5.74) is 2.54. The van der Waals surface area contributed by atoms with Crippen molar-refractivity contribution < 1.29 is 14.3 Å². The smallest absolute Gasteiger partial charge is 0.261 e. The Bertz CT molecular complexity index is 1250. The lowest BCUT2D eigenvalue weighted by molar-refractivity contribution is -0.143. The minimum absolute atomic E-state index is 0.190. The largest absolute Gasteiger partial charge is 0.484 e. The number of nitrogens with zero attached hydrogens (tertiary/aromatic N) is 1. The number of carbonyl (C=O) groups excluding carboxylic acids is 2. The molecule has 1 N–H and O–H groups in total. The topological polar surface area (TPSA) is 58.6 Å². The van der Waals surface area contributed by atoms with Crippen molar-refractivity contribution in [3.63, 3.8) is 0 Å². The molecule has 0 saturated heterocycles. The van der Waals surface area contributed by atoms with Crippen molar-refractivity contribution in [1.82, 2.24) is 10.2 Å². The zero-order chi connectivity index (χ0) is 25.2. The van der Waals surface area contributed by atoms with E-state index in [1.165, 1.54) is 0 Å². The van der Waals surface area contributed by atoms with E-state index in [0.29, 0.717) is 17.3 Å². The zero-order valence-electron chi connectivity index (χ0n) is 19.7. The summed E-state index contributed by atoms with van der Waals surface area (Å²) in [6.07, 6.45) is 0. The van der Waals surface area contributed by atoms with Gasteiger partial charge in [0.1, 0.15) is 11.8 Å². The first-order valence-corrected chi connectivity index (χ1v) is 12.1. The van der Waals surface area contributed by atoms with E-state index in [2.05, 4.69) is 5.32 Å². The van der Waals surface area contributed by atoms with E-state index in [-0.39, 0.29) is 25.0 Å². The quantitative estimate of drug-likeness (QED) is 0.300. The SMILES string of the molecule is O=C(NCc1ccc(Cl)cc1)[C@H](c1ccccc1)N(Cc1ccccc1)C(=O)COc1ccccc1. The molecular weight excluding hydrogens is 472 g/mol. The predicted octanol–water partition coefficient (Wildman–Crippen LogP) is 5.81. The minimum Gasteiger partial charge on any atom is -0.484 e. The zero-order valence-corrected chi connectivity index (χ0v) is 20.5. The van der Waals surface area contributed by atoms with Gasteiger partial charge in [-0.25, -0.2) is 0 Å². The number of halogens is 1. The van der Waals surface area contributed by atoms with E-state index in [1.54, 1.807) is 29.2 Å². The number of benzene rings is 4. The van der Waals surface area contributed by atoms with Crippen LogP contribution in [0, 0.1) is 0 Å². The predicted molar refractivity (Wildman–Crippen MR) is 141 cm³/mol. The Morgan fingerprint density at radius 3 is 1.97 bits per heavy atom. The van der Waals surface area contributed by atoms with E-state index in [4.69, 9.17) is 16.3 Å². The number of carbonyl (C=O) groups is 2. The molecular formula is C30H27ClN2O3. The Hall–Kier alpha value is -4.09. The molecule has 0 aromatic heterocycles. The van der Waals surface area contributed by atoms with E-state index >= 15 is 0 Å². The number of amides is 2. The molecule has 0 aliphatic carbocycles. The van der Waals surface area contributed by atoms with E-state index in [1.807, 2.05) is 91.0 Å². The van der Waals surface area contributed by atoms with Gasteiger partial charge in [-0.2, -0.15) is 0 Å². The third kappa shape index (κ3) is 6.96. The Balaban J connectivity index is 1.61. The summed E-state index contributed by atoms with van der Waals surface area (Å²) in [4.78, 5) is 28.8. The average molecular weight is 499 g/mol. The van der Waals surface area contributed by atoms with Crippen LogP contribution in [0.4, 0.5) is 0 Å². The van der Waals surface area contributed by atoms with Gasteiger partial charge < -0.3 is 15.0 Å². The van der Waals surface area contributed by atoms with Gasteiger partial charge >= 0.3 is 0 Å². The van der Waals surface area contributed by atoms with Crippen molar-refractivity contribution in [2.24, 2.45) is 0 Å². The Labute approximate surface area is 216 Å². The van der Waals surface area contributed by atoms with Gasteiger partial charge in [-0.1, -0.05) is 103 Å². The van der Waals surface area contributed by atoms with Crippen molar-refractivity contribution in [3.05, 3.63) is 137 Å². The van der Waals surface area contributed by atoms with Gasteiger partial charge in [0.05, 0.1) is 0 Å². The number of rotatable bonds is 10. The van der Waals surface area contributed by atoms with Gasteiger partial charge in [0.15, 0.2) is 6.61 Å². The third-order valence-corrected chi connectivity index (χ3v) is 5.93. The van der Waals surface area contributed by atoms with E-state index in [9.17, 15) is 9.59 Å². The Morgan fingerprint density at radius 2 is 1.33 bits per heavy atom. The monoisotopic (exact) mass is 498 g/mol. The van der Waals surface area contributed by atoms with Crippen LogP contribution < -0.4 is 10.1 Å². The molecule has 1 atom stereocenters. The second-order valence-electron chi connectivity index (χ2n) is 8.27. The average Bonchev–Trinajstić information content (AvgIpc) is 2.93. The van der Waals surface area contributed by atoms with Crippen LogP contribution >= 0.6 is 11.6 Å². The molecule has 4 rings (SSSR count). The third-order valence-electron chi connectivity index (χ3n) is 5.68. The maximum absolute atomic E-state index is 13.6. The number of para-hydroxylation sites is 1. The lowest BCUT2D eigenvalue weighted by Gasteiger charge is -2.31. The molecule has 5 nitrogen and oxygen atoms in total. The first kappa shape index (κ1) is 25.0. The van der Waals surface area contributed by atoms with Crippen LogP contribution in [0.25, 0.3) is 0 Å². The lowest BCUT2D eigenvalue weighted by atomic mass is 10.0. The summed E-state index contributed by atoms with van der Waals surface area (Å²) < 4.78 is 5.76. The van der Waals surface area contributed by atoms with Gasteiger partial charge in [-0.15, -0.1) is 0 Å². The minimum atomic E-state index is -0.842. The van der Waals surface area contributed by atoms with Crippen LogP contribution in [0.5, 0.6) is 5.75 Å². The van der Waals surface area contributed by atoms with Crippen molar-refractivity contribution in [2.45, 2.75) is 19.1 Å². The summed E-state index contributed by atoms with van der Waals surface area (Å²) in [5.74, 6) is 0.0207. The number of nitrogens with one attached hydrogen (secondary N) is 1. The molecule has 36 heavy (non-hydrogen) atoms. The molecule has 4 aromatic rings. The standard InChI is InChI=1S/C30H27ClN2O3/c31-26-18-16-23(17-19-26)20-32-30(35)29(25-12-6-2-7-13-25)33(21-24-10-4-1-5-11-24)28(34)22-36-27-14-8-3-9-15-27/h1-19,29H,20-22H2,(H,32,35)/t29-/m0/s1. The fourth-order valence-corrected chi connectivity index (χ4v) is 3.97. The molecule has 0 aliphatic heterocycles. The number of hydrogen-bond acceptors (Lipinski definition) is 3. The molecule has 6 heteroatoms. The van der Waals surface area contributed by atoms with Crippen molar-refractivity contribution in [2.75, 3.05) is 6.61 Å². The summed E-state index contributed by atoms with van der Waals surface area (Å²) in [6, 6.07) is 34.5. The summed E-state index contributed by atoms with van der Waals surface area (Å²) in [6.45, 7) is 0.379. The van der Waals surface area contributed by atoms with Gasteiger partial charge in [0.2, 0.25) is 5.91 Å². The van der Waals surface area contributed by atoms with Gasteiger partial charge in [0, 0.05) is 18.1 Å². The molecule has 0 heterocycles. The molecule has 182 valence electrons. The van der Waals surface area contributed by atoms with Gasteiger partial charge in [0.25, 0.3) is 5.91 Å². The Kier molecular flexibility index (Phi) is 8.73. The van der Waals surface area contributed by atoms with Crippen LogP contribution in [0.2, 0.25) is 5.02 Å². The van der Waals surface area contributed by atoms with Crippen molar-refractivity contribution >= 4 is 23.4 Å². The number of hydrogen-bond donors (Lipinski definition) is 1. The lowest BCUT2D eigenvalue weighted by Crippen LogP contribution is -2.45. The van der Waals surface area contributed by atoms with Crippen LogP contribution in [0.3, 0.4) is 0 Å². The summed E-state index contributed by atoms with van der Waals surface area (Å²) in [5, 5.41) is 3.63. The second-order valence-corrected chi connectivity index (χ2v) is 8.70. The highest BCUT2D eigenvalue weighted by Gasteiger charge is 2.31. The molecule has 0 spiro atoms. The van der Waals surface area contributed by atoms with Crippen LogP contribution in [-0.2, 0) is 22.7 Å². The highest BCUT2D eigenvalue weighted by Crippen LogP contribution is 2.25. The molecule has 0 aliphatic rings. The Morgan fingerprint density at radius 1 is 0.750 bits per heavy atom. The van der Waals surface area contributed by atoms with Crippen LogP contribution in [-0.4, -0.2) is 23.3 Å². The molecule has 2 amide bonds. The highest BCUT2D eigenvalue weighted by atomic mass is 35.5. The summed E-state index contributed by atoms with van der Waals surface area (Å²) in [7, 11) is 0. The first-order chi connectivity index (χ1) is 17.6. The maximum atomic E-state index is 13.6. The van der Waals surface area contributed by atoms with Gasteiger partial charge in [-0.05, 0) is 41.0 Å². The maximum Gasteiger partial charge on any atom is 0.261 e. The van der Waals surface area contributed by atoms with Crippen LogP contribution in [0.1, 0.15) is 22.7 Å². The fraction of sp³-hybridized carbons (Fsp3) is 0.133. The van der Waals surface area contributed by atoms with E-state index < -0.39 is 6.04 Å². The van der Waals surface area contributed by atoms with Crippen molar-refractivity contribution in [3.8, 4) is 5.75 Å². The molecule has 0 saturated carbocycles. The highest BCUT2D eigenvalue weighted by molar-refractivity contribution is 6.30. The fourth-order valence-electron chi connectivity index (χ4n) is 3.84. The summed E-state index contributed by atoms with van der Waals surface area (Å²) >= 11 is 5.99. The second kappa shape index (κ2) is 12.6. The van der Waals surface area contributed by atoms with Crippen LogP contribution in [0.15, 0.2) is 115 Å². The normalized spacial score (nSPS) is 11.4.